The van der Waals surface area contributed by atoms with Crippen molar-refractivity contribution in [3.05, 3.63) is 88.4 Å². The first-order valence-corrected chi connectivity index (χ1v) is 9.10. The smallest absolute Gasteiger partial charge is 0.262 e. The minimum absolute atomic E-state index is 0.123. The van der Waals surface area contributed by atoms with Gasteiger partial charge in [-0.15, -0.1) is 0 Å². The van der Waals surface area contributed by atoms with Crippen LogP contribution in [0.25, 0.3) is 0 Å². The van der Waals surface area contributed by atoms with E-state index in [2.05, 4.69) is 10.6 Å². The first-order chi connectivity index (χ1) is 13.5. The Balaban J connectivity index is 1.60. The van der Waals surface area contributed by atoms with Crippen LogP contribution in [0.4, 0.5) is 11.4 Å². The third-order valence-electron chi connectivity index (χ3n) is 3.64. The number of ether oxygens (including phenoxy) is 1. The molecule has 7 heteroatoms. The second-order valence-electron chi connectivity index (χ2n) is 5.84. The van der Waals surface area contributed by atoms with Crippen molar-refractivity contribution in [3.63, 3.8) is 0 Å². The molecule has 5 nitrogen and oxygen atoms in total. The van der Waals surface area contributed by atoms with Crippen LogP contribution in [-0.4, -0.2) is 18.4 Å². The summed E-state index contributed by atoms with van der Waals surface area (Å²) in [4.78, 5) is 24.4. The van der Waals surface area contributed by atoms with Gasteiger partial charge in [-0.3, -0.25) is 9.59 Å². The Morgan fingerprint density at radius 1 is 0.786 bits per heavy atom. The van der Waals surface area contributed by atoms with E-state index >= 15 is 0 Å². The van der Waals surface area contributed by atoms with Crippen LogP contribution in [0, 0.1) is 0 Å². The van der Waals surface area contributed by atoms with Gasteiger partial charge in [0, 0.05) is 27.0 Å². The molecule has 0 aliphatic heterocycles. The SMILES string of the molecule is O=C(COc1ccccc1)Nc1cccc(NC(=O)c2cc(Cl)cc(Cl)c2)c1. The van der Waals surface area contributed by atoms with Crippen molar-refractivity contribution in [3.8, 4) is 5.75 Å². The lowest BCUT2D eigenvalue weighted by Gasteiger charge is -2.10. The minimum Gasteiger partial charge on any atom is -0.484 e. The maximum atomic E-state index is 12.4. The van der Waals surface area contributed by atoms with Gasteiger partial charge >= 0.3 is 0 Å². The molecule has 0 saturated carbocycles. The zero-order valence-electron chi connectivity index (χ0n) is 14.6. The van der Waals surface area contributed by atoms with Crippen molar-refractivity contribution in [1.82, 2.24) is 0 Å². The van der Waals surface area contributed by atoms with E-state index in [1.54, 1.807) is 42.5 Å². The molecule has 0 aliphatic rings. The summed E-state index contributed by atoms with van der Waals surface area (Å²) in [6.45, 7) is -0.123. The van der Waals surface area contributed by atoms with Crippen molar-refractivity contribution in [2.24, 2.45) is 0 Å². The summed E-state index contributed by atoms with van der Waals surface area (Å²) in [6.07, 6.45) is 0. The molecule has 0 radical (unpaired) electrons. The second kappa shape index (κ2) is 9.26. The number of carbonyl (C=O) groups is 2. The largest absolute Gasteiger partial charge is 0.484 e. The molecule has 0 aliphatic carbocycles. The van der Waals surface area contributed by atoms with Crippen LogP contribution >= 0.6 is 23.2 Å². The van der Waals surface area contributed by atoms with Crippen LogP contribution in [-0.2, 0) is 4.79 Å². The van der Waals surface area contributed by atoms with E-state index in [4.69, 9.17) is 27.9 Å². The zero-order chi connectivity index (χ0) is 19.9. The molecule has 142 valence electrons. The molecule has 0 heterocycles. The number of carbonyl (C=O) groups excluding carboxylic acids is 2. The average Bonchev–Trinajstić information content (AvgIpc) is 2.67. The third kappa shape index (κ3) is 5.74. The zero-order valence-corrected chi connectivity index (χ0v) is 16.1. The van der Waals surface area contributed by atoms with Gasteiger partial charge in [-0.25, -0.2) is 0 Å². The van der Waals surface area contributed by atoms with Crippen molar-refractivity contribution >= 4 is 46.4 Å². The van der Waals surface area contributed by atoms with Gasteiger partial charge in [0.05, 0.1) is 0 Å². The molecule has 3 aromatic rings. The van der Waals surface area contributed by atoms with Crippen molar-refractivity contribution in [2.45, 2.75) is 0 Å². The molecular formula is C21H16Cl2N2O3. The van der Waals surface area contributed by atoms with E-state index in [9.17, 15) is 9.59 Å². The number of amides is 2. The Labute approximate surface area is 172 Å². The van der Waals surface area contributed by atoms with Crippen molar-refractivity contribution in [2.75, 3.05) is 17.2 Å². The quantitative estimate of drug-likeness (QED) is 0.577. The Hall–Kier alpha value is -3.02. The second-order valence-corrected chi connectivity index (χ2v) is 6.72. The highest BCUT2D eigenvalue weighted by Crippen LogP contribution is 2.21. The molecule has 0 bridgehead atoms. The normalized spacial score (nSPS) is 10.2. The Kier molecular flexibility index (Phi) is 6.53. The Morgan fingerprint density at radius 2 is 1.43 bits per heavy atom. The molecule has 2 amide bonds. The maximum Gasteiger partial charge on any atom is 0.262 e. The van der Waals surface area contributed by atoms with Gasteiger partial charge in [0.2, 0.25) is 0 Å². The minimum atomic E-state index is -0.361. The van der Waals surface area contributed by atoms with Gasteiger partial charge in [0.25, 0.3) is 11.8 Å². The number of benzene rings is 3. The summed E-state index contributed by atoms with van der Waals surface area (Å²) in [7, 11) is 0. The Morgan fingerprint density at radius 3 is 2.11 bits per heavy atom. The molecule has 28 heavy (non-hydrogen) atoms. The van der Waals surface area contributed by atoms with Crippen LogP contribution in [0.5, 0.6) is 5.75 Å². The van der Waals surface area contributed by atoms with E-state index in [0.717, 1.165) is 0 Å². The topological polar surface area (TPSA) is 67.4 Å². The van der Waals surface area contributed by atoms with Crippen LogP contribution in [0.15, 0.2) is 72.8 Å². The fraction of sp³-hybridized carbons (Fsp3) is 0.0476. The van der Waals surface area contributed by atoms with Gasteiger partial charge in [-0.2, -0.15) is 0 Å². The summed E-state index contributed by atoms with van der Waals surface area (Å²) in [6, 6.07) is 20.4. The van der Waals surface area contributed by atoms with E-state index < -0.39 is 0 Å². The molecular weight excluding hydrogens is 399 g/mol. The molecule has 0 saturated heterocycles. The number of hydrogen-bond acceptors (Lipinski definition) is 3. The summed E-state index contributed by atoms with van der Waals surface area (Å²) in [5.74, 6) is -0.0620. The van der Waals surface area contributed by atoms with E-state index in [0.29, 0.717) is 32.7 Å². The van der Waals surface area contributed by atoms with Gasteiger partial charge in [0.1, 0.15) is 5.75 Å². The molecule has 0 unspecified atom stereocenters. The number of anilines is 2. The molecule has 0 fully saturated rings. The number of hydrogen-bond donors (Lipinski definition) is 2. The lowest BCUT2D eigenvalue weighted by atomic mass is 10.2. The molecule has 3 aromatic carbocycles. The number of rotatable bonds is 6. The standard InChI is InChI=1S/C21H16Cl2N2O3/c22-15-9-14(10-16(23)11-15)21(27)25-18-6-4-5-17(12-18)24-20(26)13-28-19-7-2-1-3-8-19/h1-12H,13H2,(H,24,26)(H,25,27). The van der Waals surface area contributed by atoms with Crippen LogP contribution in [0.1, 0.15) is 10.4 Å². The predicted molar refractivity (Wildman–Crippen MR) is 111 cm³/mol. The maximum absolute atomic E-state index is 12.4. The molecule has 3 rings (SSSR count). The fourth-order valence-corrected chi connectivity index (χ4v) is 2.95. The highest BCUT2D eigenvalue weighted by atomic mass is 35.5. The lowest BCUT2D eigenvalue weighted by molar-refractivity contribution is -0.118. The predicted octanol–water partition coefficient (Wildman–Crippen LogP) is 5.26. The van der Waals surface area contributed by atoms with Crippen LogP contribution in [0.3, 0.4) is 0 Å². The monoisotopic (exact) mass is 414 g/mol. The molecule has 2 N–H and O–H groups in total. The summed E-state index contributed by atoms with van der Waals surface area (Å²) in [5.41, 5.74) is 1.38. The van der Waals surface area contributed by atoms with E-state index in [-0.39, 0.29) is 18.4 Å². The first-order valence-electron chi connectivity index (χ1n) is 8.35. The molecule has 0 spiro atoms. The molecule has 0 atom stereocenters. The van der Waals surface area contributed by atoms with Crippen molar-refractivity contribution < 1.29 is 14.3 Å². The highest BCUT2D eigenvalue weighted by Gasteiger charge is 2.10. The number of halogens is 2. The fourth-order valence-electron chi connectivity index (χ4n) is 2.43. The summed E-state index contributed by atoms with van der Waals surface area (Å²) < 4.78 is 5.41. The van der Waals surface area contributed by atoms with Crippen LogP contribution in [0.2, 0.25) is 10.0 Å². The van der Waals surface area contributed by atoms with E-state index in [1.807, 2.05) is 18.2 Å². The number of nitrogens with one attached hydrogen (secondary N) is 2. The Bertz CT molecular complexity index is 974. The van der Waals surface area contributed by atoms with E-state index in [1.165, 1.54) is 12.1 Å². The summed E-state index contributed by atoms with van der Waals surface area (Å²) >= 11 is 11.9. The van der Waals surface area contributed by atoms with Crippen LogP contribution < -0.4 is 15.4 Å². The van der Waals surface area contributed by atoms with Gasteiger partial charge < -0.3 is 15.4 Å². The molecule has 0 aromatic heterocycles. The highest BCUT2D eigenvalue weighted by molar-refractivity contribution is 6.35. The van der Waals surface area contributed by atoms with Gasteiger partial charge in [0.15, 0.2) is 6.61 Å². The first kappa shape index (κ1) is 19.7. The van der Waals surface area contributed by atoms with Gasteiger partial charge in [-0.05, 0) is 48.5 Å². The third-order valence-corrected chi connectivity index (χ3v) is 4.08. The van der Waals surface area contributed by atoms with Gasteiger partial charge in [-0.1, -0.05) is 47.5 Å². The lowest BCUT2D eigenvalue weighted by Crippen LogP contribution is -2.20. The van der Waals surface area contributed by atoms with Crippen molar-refractivity contribution in [1.29, 1.82) is 0 Å². The number of para-hydroxylation sites is 1. The average molecular weight is 415 g/mol. The summed E-state index contributed by atoms with van der Waals surface area (Å²) in [5, 5.41) is 6.22.